The summed E-state index contributed by atoms with van der Waals surface area (Å²) in [5, 5.41) is 7.40. The number of rotatable bonds is 10. The maximum Gasteiger partial charge on any atom is 0.238 e. The van der Waals surface area contributed by atoms with E-state index in [1.807, 2.05) is 67.6 Å². The van der Waals surface area contributed by atoms with Crippen LogP contribution < -0.4 is 20.1 Å². The molecule has 3 aromatic rings. The van der Waals surface area contributed by atoms with Gasteiger partial charge in [-0.25, -0.2) is 4.98 Å². The molecule has 0 spiro atoms. The first kappa shape index (κ1) is 24.8. The number of aromatic nitrogens is 1. The van der Waals surface area contributed by atoms with Crippen molar-refractivity contribution in [1.29, 1.82) is 0 Å². The first-order valence-corrected chi connectivity index (χ1v) is 12.7. The largest absolute Gasteiger partial charge is 0.497 e. The van der Waals surface area contributed by atoms with E-state index in [9.17, 15) is 4.79 Å². The number of nitrogens with one attached hydrogen (secondary N) is 2. The Morgan fingerprint density at radius 1 is 1.24 bits per heavy atom. The van der Waals surface area contributed by atoms with Crippen molar-refractivity contribution in [2.24, 2.45) is 5.92 Å². The molecule has 7 heteroatoms. The van der Waals surface area contributed by atoms with Gasteiger partial charge in [0.15, 0.2) is 0 Å². The van der Waals surface area contributed by atoms with Crippen molar-refractivity contribution in [3.8, 4) is 22.8 Å². The first-order valence-electron chi connectivity index (χ1n) is 12.7. The third-order valence-corrected chi connectivity index (χ3v) is 7.21. The molecule has 4 atom stereocenters. The number of nitrogens with zero attached hydrogens (tertiary/aromatic N) is 1. The lowest BCUT2D eigenvalue weighted by atomic mass is 10.1. The lowest BCUT2D eigenvalue weighted by Gasteiger charge is -2.23. The number of carbonyl (C=O) groups excluding carboxylic acids is 1. The summed E-state index contributed by atoms with van der Waals surface area (Å²) in [7, 11) is 1.64. The van der Waals surface area contributed by atoms with Crippen molar-refractivity contribution < 1.29 is 19.0 Å². The van der Waals surface area contributed by atoms with Gasteiger partial charge in [0, 0.05) is 42.0 Å². The Kier molecular flexibility index (Phi) is 6.89. The molecule has 192 valence electrons. The number of pyridine rings is 1. The van der Waals surface area contributed by atoms with Crippen LogP contribution in [0.2, 0.25) is 0 Å². The van der Waals surface area contributed by atoms with Gasteiger partial charge in [0.25, 0.3) is 0 Å². The van der Waals surface area contributed by atoms with Crippen LogP contribution in [0, 0.1) is 5.92 Å². The summed E-state index contributed by atoms with van der Waals surface area (Å²) in [6, 6.07) is 17.4. The lowest BCUT2D eigenvalue weighted by Crippen LogP contribution is -2.48. The van der Waals surface area contributed by atoms with Crippen LogP contribution in [0.15, 0.2) is 79.6 Å². The summed E-state index contributed by atoms with van der Waals surface area (Å²) in [6.07, 6.45) is 2.98. The zero-order valence-corrected chi connectivity index (χ0v) is 21.3. The van der Waals surface area contributed by atoms with Crippen LogP contribution in [-0.4, -0.2) is 48.8 Å². The Bertz CT molecular complexity index is 1330. The van der Waals surface area contributed by atoms with Gasteiger partial charge in [-0.2, -0.15) is 0 Å². The maximum atomic E-state index is 13.2. The summed E-state index contributed by atoms with van der Waals surface area (Å²) in [6.45, 7) is 10.9. The molecule has 1 aliphatic heterocycles. The Morgan fingerprint density at radius 3 is 2.76 bits per heavy atom. The van der Waals surface area contributed by atoms with E-state index in [1.54, 1.807) is 7.11 Å². The Balaban J connectivity index is 1.34. The number of hydrogen-bond donors (Lipinski definition) is 2. The van der Waals surface area contributed by atoms with Gasteiger partial charge in [0.05, 0.1) is 31.0 Å². The smallest absolute Gasteiger partial charge is 0.238 e. The fraction of sp³-hybridized carbons (Fsp3) is 0.333. The van der Waals surface area contributed by atoms with Gasteiger partial charge < -0.3 is 24.8 Å². The van der Waals surface area contributed by atoms with Gasteiger partial charge in [-0.15, -0.1) is 6.58 Å². The van der Waals surface area contributed by atoms with E-state index in [4.69, 9.17) is 19.2 Å². The SMILES string of the molecule is C=CC1C[C@]1(NC(=O)[C@@H]1C[C@@H](Oc2cc(-c3ccccc3)nc3cc(OC)ccc23)CN1)C(=C)OCC. The summed E-state index contributed by atoms with van der Waals surface area (Å²) < 4.78 is 17.6. The molecule has 7 nitrogen and oxygen atoms in total. The number of carbonyl (C=O) groups is 1. The van der Waals surface area contributed by atoms with Crippen LogP contribution in [0.25, 0.3) is 22.2 Å². The van der Waals surface area contributed by atoms with Crippen LogP contribution in [0.1, 0.15) is 19.8 Å². The maximum absolute atomic E-state index is 13.2. The normalized spacial score (nSPS) is 24.3. The third kappa shape index (κ3) is 4.91. The topological polar surface area (TPSA) is 81.7 Å². The average molecular weight is 500 g/mol. The number of fused-ring (bicyclic) bond motifs is 1. The van der Waals surface area contributed by atoms with Gasteiger partial charge in [-0.05, 0) is 25.5 Å². The number of hydrogen-bond acceptors (Lipinski definition) is 6. The van der Waals surface area contributed by atoms with Crippen molar-refractivity contribution >= 4 is 16.8 Å². The fourth-order valence-corrected chi connectivity index (χ4v) is 5.05. The minimum atomic E-state index is -0.569. The zero-order chi connectivity index (χ0) is 26.0. The molecular formula is C30H33N3O4. The minimum Gasteiger partial charge on any atom is -0.497 e. The van der Waals surface area contributed by atoms with Crippen LogP contribution in [-0.2, 0) is 9.53 Å². The molecule has 2 heterocycles. The molecule has 2 aliphatic rings. The van der Waals surface area contributed by atoms with E-state index in [0.717, 1.165) is 40.1 Å². The summed E-state index contributed by atoms with van der Waals surface area (Å²) >= 11 is 0. The molecule has 5 rings (SSSR count). The predicted octanol–water partition coefficient (Wildman–Crippen LogP) is 4.63. The summed E-state index contributed by atoms with van der Waals surface area (Å²) in [5.41, 5.74) is 2.04. The van der Waals surface area contributed by atoms with Crippen molar-refractivity contribution in [3.05, 3.63) is 79.6 Å². The second-order valence-corrected chi connectivity index (χ2v) is 9.55. The molecule has 2 fully saturated rings. The number of amides is 1. The van der Waals surface area contributed by atoms with Gasteiger partial charge in [-0.3, -0.25) is 4.79 Å². The van der Waals surface area contributed by atoms with E-state index in [2.05, 4.69) is 23.8 Å². The first-order chi connectivity index (χ1) is 18.0. The monoisotopic (exact) mass is 499 g/mol. The molecule has 2 aromatic carbocycles. The average Bonchev–Trinajstić information content (AvgIpc) is 3.44. The molecule has 37 heavy (non-hydrogen) atoms. The van der Waals surface area contributed by atoms with E-state index < -0.39 is 5.54 Å². The molecule has 1 saturated heterocycles. The minimum absolute atomic E-state index is 0.0781. The van der Waals surface area contributed by atoms with Gasteiger partial charge in [0.2, 0.25) is 5.91 Å². The van der Waals surface area contributed by atoms with Crippen LogP contribution in [0.4, 0.5) is 0 Å². The van der Waals surface area contributed by atoms with E-state index >= 15 is 0 Å². The third-order valence-electron chi connectivity index (χ3n) is 7.21. The van der Waals surface area contributed by atoms with Crippen molar-refractivity contribution in [2.75, 3.05) is 20.3 Å². The molecule has 1 aromatic heterocycles. The molecule has 0 radical (unpaired) electrons. The highest BCUT2D eigenvalue weighted by Gasteiger charge is 2.57. The molecule has 2 N–H and O–H groups in total. The van der Waals surface area contributed by atoms with E-state index in [-0.39, 0.29) is 24.0 Å². The molecule has 1 saturated carbocycles. The van der Waals surface area contributed by atoms with Gasteiger partial charge in [-0.1, -0.05) is 43.0 Å². The Labute approximate surface area is 217 Å². The van der Waals surface area contributed by atoms with Crippen molar-refractivity contribution in [3.63, 3.8) is 0 Å². The highest BCUT2D eigenvalue weighted by Crippen LogP contribution is 2.49. The number of benzene rings is 2. The molecule has 0 bridgehead atoms. The lowest BCUT2D eigenvalue weighted by molar-refractivity contribution is -0.124. The van der Waals surface area contributed by atoms with E-state index in [0.29, 0.717) is 25.3 Å². The molecule has 1 aliphatic carbocycles. The Morgan fingerprint density at radius 2 is 2.05 bits per heavy atom. The predicted molar refractivity (Wildman–Crippen MR) is 144 cm³/mol. The highest BCUT2D eigenvalue weighted by atomic mass is 16.5. The zero-order valence-electron chi connectivity index (χ0n) is 21.3. The fourth-order valence-electron chi connectivity index (χ4n) is 5.05. The van der Waals surface area contributed by atoms with E-state index in [1.165, 1.54) is 0 Å². The van der Waals surface area contributed by atoms with Crippen LogP contribution in [0.3, 0.4) is 0 Å². The number of ether oxygens (including phenoxy) is 3. The number of methoxy groups -OCH3 is 1. The van der Waals surface area contributed by atoms with Crippen LogP contribution in [0.5, 0.6) is 11.5 Å². The molecule has 1 amide bonds. The van der Waals surface area contributed by atoms with Crippen molar-refractivity contribution in [2.45, 2.75) is 37.5 Å². The highest BCUT2D eigenvalue weighted by molar-refractivity contribution is 5.89. The van der Waals surface area contributed by atoms with Gasteiger partial charge in [0.1, 0.15) is 28.9 Å². The summed E-state index contributed by atoms with van der Waals surface area (Å²) in [5.74, 6) is 2.10. The Hall–Kier alpha value is -3.84. The molecule has 1 unspecified atom stereocenters. The second kappa shape index (κ2) is 10.3. The quantitative estimate of drug-likeness (QED) is 0.313. The standard InChI is InChI=1S/C30H33N3O4/c1-5-21-17-30(21,19(3)36-6-2)33-29(34)27-15-23(18-31-27)37-28-16-25(20-10-8-7-9-11-20)32-26-14-22(35-4)12-13-24(26)28/h5,7-14,16,21,23,27,31H,1,3,6,15,17-18H2,2,4H3,(H,33,34)/t21?,23-,27+,30+/m1/s1. The second-order valence-electron chi connectivity index (χ2n) is 9.55. The molecular weight excluding hydrogens is 466 g/mol. The summed E-state index contributed by atoms with van der Waals surface area (Å²) in [4.78, 5) is 18.1. The van der Waals surface area contributed by atoms with Gasteiger partial charge >= 0.3 is 0 Å². The van der Waals surface area contributed by atoms with Crippen molar-refractivity contribution in [1.82, 2.24) is 15.6 Å². The van der Waals surface area contributed by atoms with Crippen LogP contribution >= 0.6 is 0 Å².